The van der Waals surface area contributed by atoms with E-state index < -0.39 is 11.7 Å². The van der Waals surface area contributed by atoms with Gasteiger partial charge in [-0.25, -0.2) is 0 Å². The van der Waals surface area contributed by atoms with E-state index in [1.165, 1.54) is 17.7 Å². The molecule has 0 saturated carbocycles. The van der Waals surface area contributed by atoms with Crippen molar-refractivity contribution in [2.75, 3.05) is 6.54 Å². The lowest BCUT2D eigenvalue weighted by Crippen LogP contribution is -2.51. The van der Waals surface area contributed by atoms with Crippen molar-refractivity contribution >= 4 is 5.91 Å². The molecule has 3 nitrogen and oxygen atoms in total. The SMILES string of the molecule is Cc1cc(C)cc(C(=O)N2CC[C@H](NCc3ccc(C(F)(F)F)cc3)C[C@@H]2Cc2ccccc2)c1. The summed E-state index contributed by atoms with van der Waals surface area (Å²) in [4.78, 5) is 15.5. The summed E-state index contributed by atoms with van der Waals surface area (Å²) in [5, 5.41) is 3.51. The number of hydrogen-bond acceptors (Lipinski definition) is 2. The van der Waals surface area contributed by atoms with Crippen LogP contribution in [0.5, 0.6) is 0 Å². The summed E-state index contributed by atoms with van der Waals surface area (Å²) in [5.41, 5.74) is 4.21. The first-order valence-corrected chi connectivity index (χ1v) is 12.0. The second-order valence-electron chi connectivity index (χ2n) is 9.52. The Kier molecular flexibility index (Phi) is 7.60. The number of likely N-dealkylation sites (tertiary alicyclic amines) is 1. The van der Waals surface area contributed by atoms with Crippen LogP contribution in [0.4, 0.5) is 13.2 Å². The minimum Gasteiger partial charge on any atom is -0.335 e. The van der Waals surface area contributed by atoms with Gasteiger partial charge in [0, 0.05) is 30.7 Å². The van der Waals surface area contributed by atoms with Crippen LogP contribution in [-0.4, -0.2) is 29.4 Å². The first kappa shape index (κ1) is 25.0. The number of benzene rings is 3. The molecule has 1 saturated heterocycles. The zero-order chi connectivity index (χ0) is 25.0. The van der Waals surface area contributed by atoms with Gasteiger partial charge in [-0.05, 0) is 68.5 Å². The third kappa shape index (κ3) is 6.51. The highest BCUT2D eigenvalue weighted by molar-refractivity contribution is 5.95. The average molecular weight is 481 g/mol. The van der Waals surface area contributed by atoms with Gasteiger partial charge in [0.2, 0.25) is 0 Å². The van der Waals surface area contributed by atoms with E-state index in [1.54, 1.807) is 0 Å². The summed E-state index contributed by atoms with van der Waals surface area (Å²) in [6, 6.07) is 21.6. The van der Waals surface area contributed by atoms with E-state index in [0.29, 0.717) is 13.1 Å². The summed E-state index contributed by atoms with van der Waals surface area (Å²) in [7, 11) is 0. The Morgan fingerprint density at radius 1 is 0.943 bits per heavy atom. The van der Waals surface area contributed by atoms with Crippen LogP contribution >= 0.6 is 0 Å². The topological polar surface area (TPSA) is 32.3 Å². The molecular weight excluding hydrogens is 449 g/mol. The molecule has 0 unspecified atom stereocenters. The fourth-order valence-electron chi connectivity index (χ4n) is 4.92. The summed E-state index contributed by atoms with van der Waals surface area (Å²) in [6.07, 6.45) is -1.99. The van der Waals surface area contributed by atoms with Crippen LogP contribution in [0, 0.1) is 13.8 Å². The third-order valence-corrected chi connectivity index (χ3v) is 6.64. The minimum absolute atomic E-state index is 0.0320. The largest absolute Gasteiger partial charge is 0.416 e. The Morgan fingerprint density at radius 2 is 1.60 bits per heavy atom. The number of carbonyl (C=O) groups is 1. The van der Waals surface area contributed by atoms with Crippen molar-refractivity contribution in [2.24, 2.45) is 0 Å². The highest BCUT2D eigenvalue weighted by Crippen LogP contribution is 2.29. The van der Waals surface area contributed by atoms with Gasteiger partial charge in [0.25, 0.3) is 5.91 Å². The van der Waals surface area contributed by atoms with E-state index in [2.05, 4.69) is 23.5 Å². The average Bonchev–Trinajstić information content (AvgIpc) is 2.82. The van der Waals surface area contributed by atoms with Gasteiger partial charge >= 0.3 is 6.18 Å². The smallest absolute Gasteiger partial charge is 0.335 e. The summed E-state index contributed by atoms with van der Waals surface area (Å²) < 4.78 is 38.5. The number of carbonyl (C=O) groups excluding carboxylic acids is 1. The van der Waals surface area contributed by atoms with Crippen molar-refractivity contribution < 1.29 is 18.0 Å². The first-order chi connectivity index (χ1) is 16.7. The molecule has 3 aromatic rings. The second kappa shape index (κ2) is 10.6. The van der Waals surface area contributed by atoms with Crippen molar-refractivity contribution in [3.63, 3.8) is 0 Å². The predicted molar refractivity (Wildman–Crippen MR) is 132 cm³/mol. The van der Waals surface area contributed by atoms with Crippen molar-refractivity contribution in [1.82, 2.24) is 10.2 Å². The molecule has 1 aliphatic heterocycles. The predicted octanol–water partition coefficient (Wildman–Crippen LogP) is 6.33. The van der Waals surface area contributed by atoms with Crippen LogP contribution in [-0.2, 0) is 19.1 Å². The second-order valence-corrected chi connectivity index (χ2v) is 9.52. The Labute approximate surface area is 205 Å². The number of nitrogens with zero attached hydrogens (tertiary/aromatic N) is 1. The van der Waals surface area contributed by atoms with E-state index in [9.17, 15) is 18.0 Å². The van der Waals surface area contributed by atoms with Crippen molar-refractivity contribution in [2.45, 2.75) is 57.9 Å². The van der Waals surface area contributed by atoms with Crippen molar-refractivity contribution in [1.29, 1.82) is 0 Å². The zero-order valence-electron chi connectivity index (χ0n) is 20.1. The quantitative estimate of drug-likeness (QED) is 0.447. The van der Waals surface area contributed by atoms with Gasteiger partial charge < -0.3 is 10.2 Å². The molecule has 0 aromatic heterocycles. The lowest BCUT2D eigenvalue weighted by molar-refractivity contribution is -0.137. The van der Waals surface area contributed by atoms with Gasteiger partial charge in [0.05, 0.1) is 5.56 Å². The number of amides is 1. The van der Waals surface area contributed by atoms with Gasteiger partial charge in [0.15, 0.2) is 0 Å². The first-order valence-electron chi connectivity index (χ1n) is 12.0. The monoisotopic (exact) mass is 480 g/mol. The number of halogens is 3. The van der Waals surface area contributed by atoms with E-state index in [1.807, 2.05) is 49.1 Å². The molecule has 184 valence electrons. The lowest BCUT2D eigenvalue weighted by atomic mass is 9.91. The zero-order valence-corrected chi connectivity index (χ0v) is 20.1. The third-order valence-electron chi connectivity index (χ3n) is 6.64. The van der Waals surface area contributed by atoms with E-state index in [0.717, 1.165) is 53.6 Å². The maximum absolute atomic E-state index is 13.5. The molecule has 1 fully saturated rings. The Morgan fingerprint density at radius 3 is 2.23 bits per heavy atom. The highest BCUT2D eigenvalue weighted by Gasteiger charge is 2.33. The Hall–Kier alpha value is -3.12. The normalized spacial score (nSPS) is 18.5. The fraction of sp³-hybridized carbons (Fsp3) is 0.345. The molecule has 0 radical (unpaired) electrons. The van der Waals surface area contributed by atoms with Crippen molar-refractivity contribution in [3.05, 3.63) is 106 Å². The number of aryl methyl sites for hydroxylation is 2. The van der Waals surface area contributed by atoms with Gasteiger partial charge in [-0.1, -0.05) is 59.7 Å². The highest BCUT2D eigenvalue weighted by atomic mass is 19.4. The minimum atomic E-state index is -4.33. The standard InChI is InChI=1S/C29H31F3N2O/c1-20-14-21(2)16-24(15-20)28(35)34-13-12-26(18-27(34)17-22-6-4-3-5-7-22)33-19-23-8-10-25(11-9-23)29(30,31)32/h3-11,14-16,26-27,33H,12-13,17-19H2,1-2H3/t26-,27-/m0/s1. The summed E-state index contributed by atoms with van der Waals surface area (Å²) in [6.45, 7) is 5.13. The fourth-order valence-corrected chi connectivity index (χ4v) is 4.92. The molecule has 1 aliphatic rings. The maximum atomic E-state index is 13.5. The molecular formula is C29H31F3N2O. The lowest BCUT2D eigenvalue weighted by Gasteiger charge is -2.40. The van der Waals surface area contributed by atoms with E-state index in [-0.39, 0.29) is 18.0 Å². The number of piperidine rings is 1. The van der Waals surface area contributed by atoms with Crippen LogP contribution in [0.2, 0.25) is 0 Å². The molecule has 1 amide bonds. The van der Waals surface area contributed by atoms with E-state index >= 15 is 0 Å². The van der Waals surface area contributed by atoms with Crippen LogP contribution in [0.15, 0.2) is 72.8 Å². The van der Waals surface area contributed by atoms with Crippen LogP contribution in [0.1, 0.15) is 51.0 Å². The number of nitrogens with one attached hydrogen (secondary N) is 1. The van der Waals surface area contributed by atoms with Gasteiger partial charge in [0.1, 0.15) is 0 Å². The molecule has 1 heterocycles. The summed E-state index contributed by atoms with van der Waals surface area (Å²) >= 11 is 0. The molecule has 0 bridgehead atoms. The number of alkyl halides is 3. The number of hydrogen-bond donors (Lipinski definition) is 1. The molecule has 0 aliphatic carbocycles. The van der Waals surface area contributed by atoms with Crippen molar-refractivity contribution in [3.8, 4) is 0 Å². The van der Waals surface area contributed by atoms with Crippen LogP contribution < -0.4 is 5.32 Å². The molecule has 3 aromatic carbocycles. The molecule has 6 heteroatoms. The maximum Gasteiger partial charge on any atom is 0.416 e. The van der Waals surface area contributed by atoms with Gasteiger partial charge in [-0.15, -0.1) is 0 Å². The van der Waals surface area contributed by atoms with Crippen LogP contribution in [0.25, 0.3) is 0 Å². The Balaban J connectivity index is 1.46. The molecule has 4 rings (SSSR count). The van der Waals surface area contributed by atoms with E-state index in [4.69, 9.17) is 0 Å². The molecule has 2 atom stereocenters. The van der Waals surface area contributed by atoms with Gasteiger partial charge in [-0.3, -0.25) is 4.79 Å². The van der Waals surface area contributed by atoms with Gasteiger partial charge in [-0.2, -0.15) is 13.2 Å². The summed E-state index contributed by atoms with van der Waals surface area (Å²) in [5.74, 6) is 0.0546. The van der Waals surface area contributed by atoms with Crippen LogP contribution in [0.3, 0.4) is 0 Å². The molecule has 0 spiro atoms. The molecule has 35 heavy (non-hydrogen) atoms. The number of rotatable bonds is 6. The molecule has 1 N–H and O–H groups in total. The Bertz CT molecular complexity index is 1120.